The molecule has 0 bridgehead atoms. The van der Waals surface area contributed by atoms with Gasteiger partial charge in [-0.05, 0) is 49.2 Å². The second-order valence-electron chi connectivity index (χ2n) is 7.30. The summed E-state index contributed by atoms with van der Waals surface area (Å²) in [7, 11) is 0. The lowest BCUT2D eigenvalue weighted by molar-refractivity contribution is -0.121. The third-order valence-electron chi connectivity index (χ3n) is 5.09. The minimum absolute atomic E-state index is 0.0261. The molecule has 0 fully saturated rings. The number of carbonyl (C=O) groups is 2. The fraction of sp³-hybridized carbons (Fsp3) is 0.200. The molecule has 1 N–H and O–H groups in total. The van der Waals surface area contributed by atoms with Crippen molar-refractivity contribution in [3.63, 3.8) is 0 Å². The molecule has 0 saturated carbocycles. The molecule has 1 heterocycles. The first-order valence-electron chi connectivity index (χ1n) is 10.2. The smallest absolute Gasteiger partial charge is 0.265 e. The first-order chi connectivity index (χ1) is 15.1. The molecule has 0 unspecified atom stereocenters. The number of nitrogens with one attached hydrogen (secondary N) is 1. The first-order valence-corrected chi connectivity index (χ1v) is 10.2. The first kappa shape index (κ1) is 20.5. The van der Waals surface area contributed by atoms with Gasteiger partial charge < -0.3 is 19.7 Å². The summed E-state index contributed by atoms with van der Waals surface area (Å²) in [6, 6.07) is 22.4. The third-order valence-corrected chi connectivity index (χ3v) is 5.09. The van der Waals surface area contributed by atoms with Crippen LogP contribution in [0.5, 0.6) is 11.5 Å². The Bertz CT molecular complexity index is 1080. The summed E-state index contributed by atoms with van der Waals surface area (Å²) in [5.74, 6) is 1.11. The molecule has 6 nitrogen and oxygen atoms in total. The van der Waals surface area contributed by atoms with E-state index < -0.39 is 0 Å². The van der Waals surface area contributed by atoms with Crippen LogP contribution in [0, 0.1) is 6.92 Å². The Morgan fingerprint density at radius 2 is 1.84 bits per heavy atom. The van der Waals surface area contributed by atoms with Gasteiger partial charge in [0.15, 0.2) is 6.61 Å². The van der Waals surface area contributed by atoms with Crippen LogP contribution in [0.25, 0.3) is 0 Å². The molecule has 2 amide bonds. The van der Waals surface area contributed by atoms with Crippen molar-refractivity contribution < 1.29 is 19.1 Å². The zero-order chi connectivity index (χ0) is 21.6. The van der Waals surface area contributed by atoms with Crippen molar-refractivity contribution >= 4 is 23.2 Å². The van der Waals surface area contributed by atoms with Crippen LogP contribution in [0.4, 0.5) is 11.4 Å². The molecule has 4 rings (SSSR count). The summed E-state index contributed by atoms with van der Waals surface area (Å²) >= 11 is 0. The maximum absolute atomic E-state index is 12.6. The van der Waals surface area contributed by atoms with E-state index in [2.05, 4.69) is 5.32 Å². The number of carbonyl (C=O) groups excluding carboxylic acids is 2. The Morgan fingerprint density at radius 3 is 2.65 bits per heavy atom. The Morgan fingerprint density at radius 1 is 1.06 bits per heavy atom. The maximum Gasteiger partial charge on any atom is 0.265 e. The average molecular weight is 416 g/mol. The highest BCUT2D eigenvalue weighted by Gasteiger charge is 2.25. The Balaban J connectivity index is 1.40. The van der Waals surface area contributed by atoms with E-state index in [-0.39, 0.29) is 18.4 Å². The maximum atomic E-state index is 12.6. The van der Waals surface area contributed by atoms with E-state index in [9.17, 15) is 9.59 Å². The van der Waals surface area contributed by atoms with Crippen LogP contribution in [0.2, 0.25) is 0 Å². The Labute approximate surface area is 181 Å². The number of nitrogens with zero attached hydrogens (tertiary/aromatic N) is 1. The van der Waals surface area contributed by atoms with Gasteiger partial charge in [0, 0.05) is 23.9 Å². The molecule has 0 aliphatic carbocycles. The number of benzene rings is 3. The summed E-state index contributed by atoms with van der Waals surface area (Å²) in [6.07, 6.45) is 0.686. The van der Waals surface area contributed by atoms with Gasteiger partial charge in [-0.2, -0.15) is 0 Å². The molecule has 0 atom stereocenters. The van der Waals surface area contributed by atoms with Crippen LogP contribution in [-0.2, 0) is 4.79 Å². The zero-order valence-electron chi connectivity index (χ0n) is 17.3. The average Bonchev–Trinajstić information content (AvgIpc) is 2.79. The number of fused-ring (bicyclic) bond motifs is 1. The normalized spacial score (nSPS) is 12.7. The van der Waals surface area contributed by atoms with Gasteiger partial charge in [0.2, 0.25) is 0 Å². The van der Waals surface area contributed by atoms with Crippen LogP contribution in [0.15, 0.2) is 72.8 Å². The van der Waals surface area contributed by atoms with Crippen molar-refractivity contribution in [2.75, 3.05) is 30.0 Å². The van der Waals surface area contributed by atoms with Crippen molar-refractivity contribution in [2.24, 2.45) is 0 Å². The molecular formula is C25H24N2O4. The zero-order valence-corrected chi connectivity index (χ0v) is 17.3. The van der Waals surface area contributed by atoms with Crippen LogP contribution < -0.4 is 19.7 Å². The third kappa shape index (κ3) is 4.86. The van der Waals surface area contributed by atoms with Gasteiger partial charge in [-0.1, -0.05) is 36.4 Å². The Hall–Kier alpha value is -3.80. The second-order valence-corrected chi connectivity index (χ2v) is 7.30. The van der Waals surface area contributed by atoms with Crippen molar-refractivity contribution in [1.82, 2.24) is 0 Å². The van der Waals surface area contributed by atoms with E-state index in [1.165, 1.54) is 0 Å². The number of anilines is 2. The van der Waals surface area contributed by atoms with Gasteiger partial charge in [-0.3, -0.25) is 9.59 Å². The topological polar surface area (TPSA) is 67.9 Å². The highest BCUT2D eigenvalue weighted by Crippen LogP contribution is 2.34. The van der Waals surface area contributed by atoms with E-state index in [1.54, 1.807) is 29.2 Å². The minimum Gasteiger partial charge on any atom is -0.494 e. The summed E-state index contributed by atoms with van der Waals surface area (Å²) in [5.41, 5.74) is 2.85. The molecular weight excluding hydrogens is 392 g/mol. The van der Waals surface area contributed by atoms with E-state index in [1.807, 2.05) is 55.5 Å². The number of para-hydroxylation sites is 1. The molecule has 0 spiro atoms. The van der Waals surface area contributed by atoms with Crippen LogP contribution in [0.3, 0.4) is 0 Å². The number of hydrogen-bond donors (Lipinski definition) is 1. The molecule has 158 valence electrons. The molecule has 3 aromatic rings. The van der Waals surface area contributed by atoms with Gasteiger partial charge in [0.25, 0.3) is 11.8 Å². The molecule has 1 aliphatic heterocycles. The fourth-order valence-corrected chi connectivity index (χ4v) is 3.48. The van der Waals surface area contributed by atoms with Gasteiger partial charge in [0.05, 0.1) is 12.3 Å². The summed E-state index contributed by atoms with van der Waals surface area (Å²) in [4.78, 5) is 26.7. The lowest BCUT2D eigenvalue weighted by Crippen LogP contribution is -2.39. The van der Waals surface area contributed by atoms with Gasteiger partial charge in [-0.25, -0.2) is 0 Å². The number of ether oxygens (including phenoxy) is 2. The number of rotatable bonds is 7. The number of aryl methyl sites for hydroxylation is 1. The standard InChI is InChI=1S/C25H24N2O4/c1-18-8-5-6-11-21(18)25(29)26-19-12-13-22-23(16-19)31-17-24(28)27(22)14-7-15-30-20-9-3-2-4-10-20/h2-6,8-13,16H,7,14-15,17H2,1H3,(H,26,29). The van der Waals surface area contributed by atoms with Gasteiger partial charge in [-0.15, -0.1) is 0 Å². The summed E-state index contributed by atoms with van der Waals surface area (Å²) < 4.78 is 11.3. The van der Waals surface area contributed by atoms with E-state index in [0.29, 0.717) is 42.3 Å². The molecule has 0 aromatic heterocycles. The largest absolute Gasteiger partial charge is 0.494 e. The van der Waals surface area contributed by atoms with Crippen molar-refractivity contribution in [3.05, 3.63) is 83.9 Å². The van der Waals surface area contributed by atoms with Crippen LogP contribution in [-0.4, -0.2) is 31.6 Å². The highest BCUT2D eigenvalue weighted by molar-refractivity contribution is 6.06. The molecule has 3 aromatic carbocycles. The van der Waals surface area contributed by atoms with E-state index >= 15 is 0 Å². The molecule has 0 saturated heterocycles. The molecule has 6 heteroatoms. The lowest BCUT2D eigenvalue weighted by atomic mass is 10.1. The summed E-state index contributed by atoms with van der Waals surface area (Å²) in [5, 5.41) is 2.90. The number of amides is 2. The van der Waals surface area contributed by atoms with Crippen molar-refractivity contribution in [1.29, 1.82) is 0 Å². The molecule has 1 aliphatic rings. The monoisotopic (exact) mass is 416 g/mol. The SMILES string of the molecule is Cc1ccccc1C(=O)Nc1ccc2c(c1)OCC(=O)N2CCCOc1ccccc1. The quantitative estimate of drug-likeness (QED) is 0.578. The fourth-order valence-electron chi connectivity index (χ4n) is 3.48. The highest BCUT2D eigenvalue weighted by atomic mass is 16.5. The van der Waals surface area contributed by atoms with Gasteiger partial charge >= 0.3 is 0 Å². The van der Waals surface area contributed by atoms with Crippen molar-refractivity contribution in [3.8, 4) is 11.5 Å². The summed E-state index contributed by atoms with van der Waals surface area (Å²) in [6.45, 7) is 2.91. The molecule has 31 heavy (non-hydrogen) atoms. The van der Waals surface area contributed by atoms with Crippen LogP contribution >= 0.6 is 0 Å². The van der Waals surface area contributed by atoms with E-state index in [0.717, 1.165) is 11.3 Å². The lowest BCUT2D eigenvalue weighted by Gasteiger charge is -2.29. The van der Waals surface area contributed by atoms with Crippen molar-refractivity contribution in [2.45, 2.75) is 13.3 Å². The second kappa shape index (κ2) is 9.34. The van der Waals surface area contributed by atoms with E-state index in [4.69, 9.17) is 9.47 Å². The van der Waals surface area contributed by atoms with Crippen LogP contribution in [0.1, 0.15) is 22.3 Å². The predicted molar refractivity (Wildman–Crippen MR) is 120 cm³/mol. The number of hydrogen-bond acceptors (Lipinski definition) is 4. The van der Waals surface area contributed by atoms with Gasteiger partial charge in [0.1, 0.15) is 11.5 Å². The molecule has 0 radical (unpaired) electrons. The predicted octanol–water partition coefficient (Wildman–Crippen LogP) is 4.44. The Kier molecular flexibility index (Phi) is 6.17. The minimum atomic E-state index is -0.181.